The van der Waals surface area contributed by atoms with E-state index in [4.69, 9.17) is 5.73 Å². The number of rotatable bonds is 2. The third kappa shape index (κ3) is 1.88. The highest BCUT2D eigenvalue weighted by Gasteiger charge is 2.05. The fraction of sp³-hybridized carbons (Fsp3) is 0.417. The van der Waals surface area contributed by atoms with E-state index in [1.165, 1.54) is 5.39 Å². The van der Waals surface area contributed by atoms with Crippen molar-refractivity contribution in [3.05, 3.63) is 30.0 Å². The standard InChI is InChI=1S/C12H17N3/c1-8(2)15-7-11-6-10(9(3)13)4-5-12(11)14-15/h4-9H,13H2,1-3H3. The Kier molecular flexibility index (Phi) is 2.49. The maximum Gasteiger partial charge on any atom is 0.0923 e. The Morgan fingerprint density at radius 3 is 2.60 bits per heavy atom. The Labute approximate surface area is 89.9 Å². The number of nitrogens with two attached hydrogens (primary N) is 1. The van der Waals surface area contributed by atoms with Crippen molar-refractivity contribution in [3.8, 4) is 0 Å². The zero-order valence-electron chi connectivity index (χ0n) is 9.44. The summed E-state index contributed by atoms with van der Waals surface area (Å²) in [7, 11) is 0. The number of aromatic nitrogens is 2. The molecule has 1 heterocycles. The van der Waals surface area contributed by atoms with E-state index in [9.17, 15) is 0 Å². The van der Waals surface area contributed by atoms with Gasteiger partial charge in [0.15, 0.2) is 0 Å². The fourth-order valence-corrected chi connectivity index (χ4v) is 1.61. The normalized spacial score (nSPS) is 13.7. The summed E-state index contributed by atoms with van der Waals surface area (Å²) in [5, 5.41) is 5.65. The van der Waals surface area contributed by atoms with Crippen molar-refractivity contribution in [1.29, 1.82) is 0 Å². The van der Waals surface area contributed by atoms with Gasteiger partial charge in [-0.15, -0.1) is 0 Å². The van der Waals surface area contributed by atoms with Crippen LogP contribution < -0.4 is 5.73 Å². The lowest BCUT2D eigenvalue weighted by atomic mass is 10.1. The van der Waals surface area contributed by atoms with E-state index in [-0.39, 0.29) is 6.04 Å². The second-order valence-electron chi connectivity index (χ2n) is 4.31. The van der Waals surface area contributed by atoms with Gasteiger partial charge in [-0.05, 0) is 38.5 Å². The first-order valence-corrected chi connectivity index (χ1v) is 5.32. The summed E-state index contributed by atoms with van der Waals surface area (Å²) in [5.74, 6) is 0. The highest BCUT2D eigenvalue weighted by Crippen LogP contribution is 2.19. The number of hydrogen-bond acceptors (Lipinski definition) is 2. The summed E-state index contributed by atoms with van der Waals surface area (Å²) in [6.07, 6.45) is 2.08. The SMILES string of the molecule is CC(N)c1ccc2nn(C(C)C)cc2c1. The number of benzene rings is 1. The third-order valence-corrected chi connectivity index (χ3v) is 2.60. The summed E-state index contributed by atoms with van der Waals surface area (Å²) in [4.78, 5) is 0. The molecule has 15 heavy (non-hydrogen) atoms. The van der Waals surface area contributed by atoms with Crippen LogP contribution in [0, 0.1) is 0 Å². The first kappa shape index (κ1) is 10.2. The van der Waals surface area contributed by atoms with Crippen molar-refractivity contribution in [2.24, 2.45) is 5.73 Å². The molecule has 0 saturated carbocycles. The molecule has 2 aromatic rings. The van der Waals surface area contributed by atoms with Crippen LogP contribution in [0.2, 0.25) is 0 Å². The monoisotopic (exact) mass is 203 g/mol. The van der Waals surface area contributed by atoms with Crippen LogP contribution in [-0.4, -0.2) is 9.78 Å². The molecule has 2 N–H and O–H groups in total. The molecule has 1 aromatic heterocycles. The predicted octanol–water partition coefficient (Wildman–Crippen LogP) is 2.64. The van der Waals surface area contributed by atoms with Gasteiger partial charge in [0.05, 0.1) is 5.52 Å². The molecule has 0 aliphatic carbocycles. The topological polar surface area (TPSA) is 43.8 Å². The second kappa shape index (κ2) is 3.66. The molecule has 0 radical (unpaired) electrons. The summed E-state index contributed by atoms with van der Waals surface area (Å²) in [5.41, 5.74) is 8.04. The molecule has 1 atom stereocenters. The summed E-state index contributed by atoms with van der Waals surface area (Å²) < 4.78 is 1.98. The van der Waals surface area contributed by atoms with Gasteiger partial charge in [0.1, 0.15) is 0 Å². The molecule has 0 spiro atoms. The predicted molar refractivity (Wildman–Crippen MR) is 62.7 cm³/mol. The van der Waals surface area contributed by atoms with Gasteiger partial charge < -0.3 is 5.73 Å². The van der Waals surface area contributed by atoms with Crippen LogP contribution >= 0.6 is 0 Å². The lowest BCUT2D eigenvalue weighted by Gasteiger charge is -2.03. The molecule has 1 unspecified atom stereocenters. The summed E-state index contributed by atoms with van der Waals surface area (Å²) >= 11 is 0. The van der Waals surface area contributed by atoms with Crippen molar-refractivity contribution in [2.75, 3.05) is 0 Å². The van der Waals surface area contributed by atoms with Gasteiger partial charge in [-0.3, -0.25) is 4.68 Å². The number of nitrogens with zero attached hydrogens (tertiary/aromatic N) is 2. The molecular weight excluding hydrogens is 186 g/mol. The van der Waals surface area contributed by atoms with E-state index >= 15 is 0 Å². The van der Waals surface area contributed by atoms with Gasteiger partial charge in [0, 0.05) is 23.7 Å². The van der Waals surface area contributed by atoms with Gasteiger partial charge >= 0.3 is 0 Å². The quantitative estimate of drug-likeness (QED) is 0.815. The molecule has 0 aliphatic rings. The van der Waals surface area contributed by atoms with Crippen LogP contribution in [-0.2, 0) is 0 Å². The van der Waals surface area contributed by atoms with Crippen LogP contribution in [0.25, 0.3) is 10.9 Å². The number of fused-ring (bicyclic) bond motifs is 1. The molecule has 0 aliphatic heterocycles. The Hall–Kier alpha value is -1.35. The zero-order chi connectivity index (χ0) is 11.0. The van der Waals surface area contributed by atoms with Crippen LogP contribution in [0.15, 0.2) is 24.4 Å². The summed E-state index contributed by atoms with van der Waals surface area (Å²) in [6.45, 7) is 6.24. The Bertz CT molecular complexity index is 463. The van der Waals surface area contributed by atoms with E-state index < -0.39 is 0 Å². The maximum atomic E-state index is 5.84. The van der Waals surface area contributed by atoms with E-state index in [0.29, 0.717) is 6.04 Å². The van der Waals surface area contributed by atoms with Crippen molar-refractivity contribution in [3.63, 3.8) is 0 Å². The molecule has 0 saturated heterocycles. The van der Waals surface area contributed by atoms with Gasteiger partial charge in [-0.2, -0.15) is 5.10 Å². The Morgan fingerprint density at radius 1 is 1.27 bits per heavy atom. The molecule has 0 bridgehead atoms. The van der Waals surface area contributed by atoms with Gasteiger partial charge in [-0.25, -0.2) is 0 Å². The number of hydrogen-bond donors (Lipinski definition) is 1. The molecule has 80 valence electrons. The lowest BCUT2D eigenvalue weighted by Crippen LogP contribution is -2.04. The molecule has 1 aromatic carbocycles. The average Bonchev–Trinajstić information content (AvgIpc) is 2.59. The van der Waals surface area contributed by atoms with E-state index in [1.54, 1.807) is 0 Å². The third-order valence-electron chi connectivity index (χ3n) is 2.60. The van der Waals surface area contributed by atoms with Crippen LogP contribution in [0.4, 0.5) is 0 Å². The molecule has 3 nitrogen and oxygen atoms in total. The fourth-order valence-electron chi connectivity index (χ4n) is 1.61. The highest BCUT2D eigenvalue weighted by atomic mass is 15.3. The molecule has 2 rings (SSSR count). The van der Waals surface area contributed by atoms with Gasteiger partial charge in [0.2, 0.25) is 0 Å². The first-order chi connectivity index (χ1) is 7.08. The smallest absolute Gasteiger partial charge is 0.0923 e. The summed E-state index contributed by atoms with van der Waals surface area (Å²) in [6, 6.07) is 6.68. The van der Waals surface area contributed by atoms with Crippen LogP contribution in [0.1, 0.15) is 38.4 Å². The minimum absolute atomic E-state index is 0.0804. The van der Waals surface area contributed by atoms with Crippen molar-refractivity contribution < 1.29 is 0 Å². The minimum atomic E-state index is 0.0804. The van der Waals surface area contributed by atoms with E-state index in [2.05, 4.69) is 31.2 Å². The van der Waals surface area contributed by atoms with E-state index in [1.807, 2.05) is 23.7 Å². The van der Waals surface area contributed by atoms with Gasteiger partial charge in [0.25, 0.3) is 0 Å². The lowest BCUT2D eigenvalue weighted by molar-refractivity contribution is 0.537. The second-order valence-corrected chi connectivity index (χ2v) is 4.31. The molecule has 0 amide bonds. The van der Waals surface area contributed by atoms with Crippen molar-refractivity contribution >= 4 is 10.9 Å². The average molecular weight is 203 g/mol. The maximum absolute atomic E-state index is 5.84. The van der Waals surface area contributed by atoms with Crippen molar-refractivity contribution in [1.82, 2.24) is 9.78 Å². The van der Waals surface area contributed by atoms with Crippen LogP contribution in [0.5, 0.6) is 0 Å². The zero-order valence-corrected chi connectivity index (χ0v) is 9.44. The van der Waals surface area contributed by atoms with Crippen molar-refractivity contribution in [2.45, 2.75) is 32.9 Å². The van der Waals surface area contributed by atoms with Gasteiger partial charge in [-0.1, -0.05) is 6.07 Å². The largest absolute Gasteiger partial charge is 0.324 e. The first-order valence-electron chi connectivity index (χ1n) is 5.32. The minimum Gasteiger partial charge on any atom is -0.324 e. The van der Waals surface area contributed by atoms with E-state index in [0.717, 1.165) is 11.1 Å². The highest BCUT2D eigenvalue weighted by molar-refractivity contribution is 5.78. The Morgan fingerprint density at radius 2 is 2.00 bits per heavy atom. The molecule has 0 fully saturated rings. The molecular formula is C12H17N3. The Balaban J connectivity index is 2.52. The van der Waals surface area contributed by atoms with Crippen LogP contribution in [0.3, 0.4) is 0 Å². The molecule has 3 heteroatoms.